The van der Waals surface area contributed by atoms with E-state index in [4.69, 9.17) is 21.9 Å². The third-order valence-electron chi connectivity index (χ3n) is 4.74. The number of aromatic nitrogens is 5. The number of anilines is 2. The lowest BCUT2D eigenvalue weighted by Gasteiger charge is -2.08. The number of hydrogen-bond acceptors (Lipinski definition) is 7. The van der Waals surface area contributed by atoms with Gasteiger partial charge in [0.25, 0.3) is 0 Å². The molecule has 1 aromatic carbocycles. The van der Waals surface area contributed by atoms with Gasteiger partial charge in [0.15, 0.2) is 11.1 Å². The zero-order chi connectivity index (χ0) is 21.5. The Balaban J connectivity index is 1.69. The Bertz CT molecular complexity index is 1540. The summed E-state index contributed by atoms with van der Waals surface area (Å²) in [4.78, 5) is 25.5. The number of aromatic hydroxyl groups is 1. The van der Waals surface area contributed by atoms with Crippen LogP contribution in [0.2, 0.25) is 5.02 Å². The van der Waals surface area contributed by atoms with E-state index in [2.05, 4.69) is 31.4 Å². The highest BCUT2D eigenvalue weighted by molar-refractivity contribution is 6.33. The molecule has 0 amide bonds. The van der Waals surface area contributed by atoms with Crippen molar-refractivity contribution >= 4 is 34.8 Å². The summed E-state index contributed by atoms with van der Waals surface area (Å²) in [6, 6.07) is 8.99. The first-order chi connectivity index (χ1) is 15.0. The lowest BCUT2D eigenvalue weighted by molar-refractivity contribution is 0.454. The number of nitrogens with zero attached hydrogens (tertiary/aromatic N) is 5. The maximum Gasteiger partial charge on any atom is 0.326 e. The second-order valence-electron chi connectivity index (χ2n) is 7.11. The van der Waals surface area contributed by atoms with E-state index in [-0.39, 0.29) is 17.6 Å². The van der Waals surface area contributed by atoms with E-state index in [0.717, 1.165) is 12.8 Å². The van der Waals surface area contributed by atoms with Gasteiger partial charge in [-0.15, -0.1) is 0 Å². The van der Waals surface area contributed by atoms with Gasteiger partial charge >= 0.3 is 5.69 Å². The number of nitrogens with one attached hydrogen (secondary N) is 3. The zero-order valence-corrected chi connectivity index (χ0v) is 16.7. The summed E-state index contributed by atoms with van der Waals surface area (Å²) in [5.74, 6) is 0.187. The smallest absolute Gasteiger partial charge is 0.326 e. The van der Waals surface area contributed by atoms with Gasteiger partial charge in [0.05, 0.1) is 34.6 Å². The fraction of sp³-hybridized carbons (Fsp3) is 0.150. The van der Waals surface area contributed by atoms with Crippen LogP contribution in [0.15, 0.2) is 40.2 Å². The molecule has 0 spiro atoms. The number of hydrogen-bond donors (Lipinski definition) is 4. The Labute approximate surface area is 179 Å². The summed E-state index contributed by atoms with van der Waals surface area (Å²) in [7, 11) is 0. The largest absolute Gasteiger partial charge is 0.493 e. The Morgan fingerprint density at radius 1 is 1.35 bits per heavy atom. The molecule has 0 saturated heterocycles. The van der Waals surface area contributed by atoms with Gasteiger partial charge in [-0.2, -0.15) is 14.9 Å². The van der Waals surface area contributed by atoms with Gasteiger partial charge in [0.2, 0.25) is 5.88 Å². The second-order valence-corrected chi connectivity index (χ2v) is 7.52. The summed E-state index contributed by atoms with van der Waals surface area (Å²) < 4.78 is 1.60. The van der Waals surface area contributed by atoms with Crippen molar-refractivity contribution in [1.29, 1.82) is 5.26 Å². The Morgan fingerprint density at radius 3 is 2.90 bits per heavy atom. The van der Waals surface area contributed by atoms with Crippen molar-refractivity contribution in [1.82, 2.24) is 24.6 Å². The van der Waals surface area contributed by atoms with Gasteiger partial charge in [-0.3, -0.25) is 9.98 Å². The highest BCUT2D eigenvalue weighted by atomic mass is 35.5. The van der Waals surface area contributed by atoms with Crippen LogP contribution in [-0.2, 0) is 0 Å². The highest BCUT2D eigenvalue weighted by Gasteiger charge is 2.20. The monoisotopic (exact) mass is 434 g/mol. The number of halogens is 1. The van der Waals surface area contributed by atoms with Gasteiger partial charge in [-0.1, -0.05) is 11.6 Å². The summed E-state index contributed by atoms with van der Waals surface area (Å²) in [5, 5.41) is 27.6. The number of aromatic amines is 2. The van der Waals surface area contributed by atoms with Crippen LogP contribution in [0.25, 0.3) is 11.7 Å². The molecule has 3 aromatic heterocycles. The molecule has 0 bridgehead atoms. The maximum absolute atomic E-state index is 11.4. The Hall–Kier alpha value is -4.10. The van der Waals surface area contributed by atoms with Gasteiger partial charge in [0, 0.05) is 11.3 Å². The summed E-state index contributed by atoms with van der Waals surface area (Å²) in [6.07, 6.45) is 5.17. The summed E-state index contributed by atoms with van der Waals surface area (Å²) >= 11 is 6.28. The molecule has 0 radical (unpaired) electrons. The molecule has 154 valence electrons. The predicted molar refractivity (Wildman–Crippen MR) is 113 cm³/mol. The van der Waals surface area contributed by atoms with Crippen molar-refractivity contribution in [3.8, 4) is 11.9 Å². The Kier molecular flexibility index (Phi) is 4.45. The highest BCUT2D eigenvalue weighted by Crippen LogP contribution is 2.26. The minimum atomic E-state index is -0.521. The molecule has 10 nitrogen and oxygen atoms in total. The quantitative estimate of drug-likeness (QED) is 0.381. The normalized spacial score (nSPS) is 14.8. The fourth-order valence-corrected chi connectivity index (χ4v) is 3.25. The second kappa shape index (κ2) is 7.30. The van der Waals surface area contributed by atoms with E-state index in [1.54, 1.807) is 41.1 Å². The number of nitriles is 1. The van der Waals surface area contributed by atoms with E-state index in [1.165, 1.54) is 0 Å². The van der Waals surface area contributed by atoms with Crippen LogP contribution in [0.1, 0.15) is 24.1 Å². The van der Waals surface area contributed by atoms with E-state index in [9.17, 15) is 9.90 Å². The van der Waals surface area contributed by atoms with Gasteiger partial charge in [0.1, 0.15) is 11.5 Å². The standard InChI is InChI=1S/C20H15ClN8O2/c21-13-4-1-10(8-22)5-14(13)25-16-7-17(24-12-2-3-12)29-18(27-16)11(9-23-29)6-15-19(30)28-20(31)26-15/h1,4-7,9,12,25,30H,2-3H2,(H2,26,28,31). The number of fused-ring (bicyclic) bond motifs is 1. The van der Waals surface area contributed by atoms with E-state index < -0.39 is 5.69 Å². The van der Waals surface area contributed by atoms with Crippen LogP contribution >= 0.6 is 11.6 Å². The zero-order valence-electron chi connectivity index (χ0n) is 15.9. The van der Waals surface area contributed by atoms with Crippen molar-refractivity contribution in [2.24, 2.45) is 4.99 Å². The molecule has 31 heavy (non-hydrogen) atoms. The number of H-pyrrole nitrogens is 2. The van der Waals surface area contributed by atoms with Gasteiger partial charge < -0.3 is 15.4 Å². The van der Waals surface area contributed by atoms with Gasteiger partial charge in [-0.25, -0.2) is 9.78 Å². The van der Waals surface area contributed by atoms with Crippen molar-refractivity contribution < 1.29 is 5.11 Å². The average molecular weight is 435 g/mol. The molecule has 0 aliphatic heterocycles. The molecule has 11 heteroatoms. The molecule has 1 aliphatic carbocycles. The number of rotatable bonds is 4. The van der Waals surface area contributed by atoms with Crippen molar-refractivity contribution in [3.05, 3.63) is 67.9 Å². The van der Waals surface area contributed by atoms with E-state index in [0.29, 0.717) is 38.4 Å². The molecular weight excluding hydrogens is 420 g/mol. The molecular formula is C20H15ClN8O2. The van der Waals surface area contributed by atoms with Crippen LogP contribution in [0, 0.1) is 11.3 Å². The average Bonchev–Trinajstić information content (AvgIpc) is 3.38. The van der Waals surface area contributed by atoms with Crippen LogP contribution in [-0.4, -0.2) is 35.7 Å². The van der Waals surface area contributed by atoms with Crippen molar-refractivity contribution in [2.75, 3.05) is 5.32 Å². The molecule has 1 saturated carbocycles. The lowest BCUT2D eigenvalue weighted by atomic mass is 10.2. The third kappa shape index (κ3) is 3.74. The first-order valence-electron chi connectivity index (χ1n) is 9.42. The van der Waals surface area contributed by atoms with Crippen LogP contribution in [0.3, 0.4) is 0 Å². The predicted octanol–water partition coefficient (Wildman–Crippen LogP) is 1.33. The van der Waals surface area contributed by atoms with Crippen molar-refractivity contribution in [2.45, 2.75) is 18.9 Å². The lowest BCUT2D eigenvalue weighted by Crippen LogP contribution is -2.20. The maximum atomic E-state index is 11.4. The molecule has 5 rings (SSSR count). The molecule has 4 N–H and O–H groups in total. The molecule has 1 aliphatic rings. The molecule has 0 unspecified atom stereocenters. The van der Waals surface area contributed by atoms with Gasteiger partial charge in [-0.05, 0) is 37.1 Å². The molecule has 1 fully saturated rings. The van der Waals surface area contributed by atoms with Crippen LogP contribution in [0.5, 0.6) is 5.88 Å². The van der Waals surface area contributed by atoms with Crippen LogP contribution in [0.4, 0.5) is 11.5 Å². The molecule has 0 atom stereocenters. The minimum Gasteiger partial charge on any atom is -0.493 e. The molecule has 4 aromatic rings. The topological polar surface area (TPSA) is 147 Å². The van der Waals surface area contributed by atoms with Crippen molar-refractivity contribution in [3.63, 3.8) is 0 Å². The molecule has 3 heterocycles. The summed E-state index contributed by atoms with van der Waals surface area (Å²) in [6.45, 7) is 0. The van der Waals surface area contributed by atoms with E-state index in [1.807, 2.05) is 0 Å². The first kappa shape index (κ1) is 18.9. The minimum absolute atomic E-state index is 0.213. The van der Waals surface area contributed by atoms with Crippen LogP contribution < -0.4 is 21.7 Å². The third-order valence-corrected chi connectivity index (χ3v) is 5.06. The number of imidazole rings is 1. The first-order valence-corrected chi connectivity index (χ1v) is 9.80. The Morgan fingerprint density at radius 2 is 2.19 bits per heavy atom. The number of benzene rings is 1. The fourth-order valence-electron chi connectivity index (χ4n) is 3.09. The van der Waals surface area contributed by atoms with E-state index >= 15 is 0 Å². The summed E-state index contributed by atoms with van der Waals surface area (Å²) in [5.41, 5.74) is 1.76. The SMILES string of the molecule is N#Cc1ccc(Cl)c(Nc2cc(=NC3CC3)n3ncc(=Cc4[nH]c(=O)[nH]c4O)c3n2)c1.